The lowest BCUT2D eigenvalue weighted by atomic mass is 9.96. The van der Waals surface area contributed by atoms with Gasteiger partial charge in [-0.1, -0.05) is 6.08 Å². The number of hydrogen-bond acceptors (Lipinski definition) is 8. The maximum absolute atomic E-state index is 13.4. The Hall–Kier alpha value is -3.34. The molecule has 0 radical (unpaired) electrons. The van der Waals surface area contributed by atoms with Gasteiger partial charge in [0, 0.05) is 49.6 Å². The SMILES string of the molecule is CC(C(=O)N1CC=C(c2cc3c(Nc4ccc5ncsc5c4)ncnc3[nH]2)CC1)N1CCN(C)CC1(C)C. The molecular formula is C28H34N8OS. The van der Waals surface area contributed by atoms with Gasteiger partial charge >= 0.3 is 0 Å². The molecule has 2 aliphatic heterocycles. The third-order valence-corrected chi connectivity index (χ3v) is 8.66. The van der Waals surface area contributed by atoms with Gasteiger partial charge in [-0.05, 0) is 64.1 Å². The number of thiazole rings is 1. The number of anilines is 2. The largest absolute Gasteiger partial charge is 0.340 e. The van der Waals surface area contributed by atoms with Crippen LogP contribution in [0.4, 0.5) is 11.5 Å². The van der Waals surface area contributed by atoms with Crippen molar-refractivity contribution in [2.45, 2.75) is 38.8 Å². The number of carbonyl (C=O) groups is 1. The van der Waals surface area contributed by atoms with Crippen LogP contribution in [0.3, 0.4) is 0 Å². The lowest BCUT2D eigenvalue weighted by Crippen LogP contribution is -2.63. The van der Waals surface area contributed by atoms with Crippen molar-refractivity contribution in [3.05, 3.63) is 47.9 Å². The molecule has 1 atom stereocenters. The molecule has 6 rings (SSSR count). The number of H-pyrrole nitrogens is 1. The van der Waals surface area contributed by atoms with Crippen LogP contribution in [0.1, 0.15) is 32.9 Å². The Bertz CT molecular complexity index is 1520. The number of nitrogens with one attached hydrogen (secondary N) is 2. The monoisotopic (exact) mass is 530 g/mol. The molecule has 0 spiro atoms. The molecule has 2 aliphatic rings. The third-order valence-electron chi connectivity index (χ3n) is 7.87. The molecule has 1 saturated heterocycles. The molecule has 5 heterocycles. The zero-order valence-electron chi connectivity index (χ0n) is 22.4. The van der Waals surface area contributed by atoms with Crippen LogP contribution in [0.2, 0.25) is 0 Å². The molecule has 38 heavy (non-hydrogen) atoms. The number of carbonyl (C=O) groups excluding carboxylic acids is 1. The zero-order valence-corrected chi connectivity index (χ0v) is 23.2. The predicted molar refractivity (Wildman–Crippen MR) is 154 cm³/mol. The Morgan fingerprint density at radius 3 is 2.82 bits per heavy atom. The van der Waals surface area contributed by atoms with Gasteiger partial charge in [-0.15, -0.1) is 11.3 Å². The molecule has 2 N–H and O–H groups in total. The third kappa shape index (κ3) is 4.68. The molecule has 3 aromatic heterocycles. The lowest BCUT2D eigenvalue weighted by Gasteiger charge is -2.49. The molecule has 0 saturated carbocycles. The number of rotatable bonds is 5. The van der Waals surface area contributed by atoms with Crippen LogP contribution in [0.5, 0.6) is 0 Å². The van der Waals surface area contributed by atoms with Gasteiger partial charge in [0.05, 0.1) is 27.2 Å². The maximum Gasteiger partial charge on any atom is 0.239 e. The Balaban J connectivity index is 1.17. The molecule has 1 amide bonds. The second kappa shape index (κ2) is 9.76. The van der Waals surface area contributed by atoms with E-state index in [0.717, 1.165) is 64.5 Å². The zero-order chi connectivity index (χ0) is 26.4. The van der Waals surface area contributed by atoms with E-state index in [1.165, 1.54) is 5.57 Å². The van der Waals surface area contributed by atoms with Crippen LogP contribution in [-0.2, 0) is 4.79 Å². The first-order chi connectivity index (χ1) is 18.3. The molecule has 4 aromatic rings. The molecule has 1 unspecified atom stereocenters. The van der Waals surface area contributed by atoms with Crippen molar-refractivity contribution in [3.8, 4) is 0 Å². The average molecular weight is 531 g/mol. The average Bonchev–Trinajstić information content (AvgIpc) is 3.55. The number of benzene rings is 1. The minimum absolute atomic E-state index is 0.0254. The highest BCUT2D eigenvalue weighted by Gasteiger charge is 2.39. The van der Waals surface area contributed by atoms with Crippen LogP contribution in [0.15, 0.2) is 42.2 Å². The maximum atomic E-state index is 13.4. The summed E-state index contributed by atoms with van der Waals surface area (Å²) in [6.45, 7) is 10.7. The minimum atomic E-state index is -0.130. The summed E-state index contributed by atoms with van der Waals surface area (Å²) >= 11 is 1.62. The summed E-state index contributed by atoms with van der Waals surface area (Å²) in [5.74, 6) is 0.975. The summed E-state index contributed by atoms with van der Waals surface area (Å²) in [6.07, 6.45) is 4.55. The lowest BCUT2D eigenvalue weighted by molar-refractivity contribution is -0.140. The summed E-state index contributed by atoms with van der Waals surface area (Å²) in [5, 5.41) is 4.39. The first-order valence-corrected chi connectivity index (χ1v) is 14.0. The van der Waals surface area contributed by atoms with Crippen molar-refractivity contribution in [3.63, 3.8) is 0 Å². The fourth-order valence-corrected chi connectivity index (χ4v) is 6.64. The Labute approximate surface area is 226 Å². The number of nitrogens with zero attached hydrogens (tertiary/aromatic N) is 6. The molecule has 0 aliphatic carbocycles. The Kier molecular flexibility index (Phi) is 6.41. The normalized spacial score (nSPS) is 19.6. The van der Waals surface area contributed by atoms with Gasteiger partial charge in [0.2, 0.25) is 5.91 Å². The van der Waals surface area contributed by atoms with E-state index < -0.39 is 0 Å². The van der Waals surface area contributed by atoms with E-state index in [4.69, 9.17) is 0 Å². The van der Waals surface area contributed by atoms with Crippen LogP contribution in [-0.4, -0.2) is 91.9 Å². The first kappa shape index (κ1) is 25.0. The van der Waals surface area contributed by atoms with E-state index in [9.17, 15) is 4.79 Å². The highest BCUT2D eigenvalue weighted by molar-refractivity contribution is 7.16. The van der Waals surface area contributed by atoms with Gasteiger partial charge in [0.1, 0.15) is 17.8 Å². The summed E-state index contributed by atoms with van der Waals surface area (Å²) < 4.78 is 1.13. The molecule has 1 fully saturated rings. The van der Waals surface area contributed by atoms with Gasteiger partial charge < -0.3 is 20.1 Å². The van der Waals surface area contributed by atoms with E-state index in [1.807, 2.05) is 22.5 Å². The number of aromatic amines is 1. The Morgan fingerprint density at radius 1 is 1.16 bits per heavy atom. The number of fused-ring (bicyclic) bond motifs is 2. The van der Waals surface area contributed by atoms with Crippen molar-refractivity contribution >= 4 is 55.6 Å². The van der Waals surface area contributed by atoms with Crippen molar-refractivity contribution in [1.82, 2.24) is 34.6 Å². The second-order valence-corrected chi connectivity index (χ2v) is 11.9. The standard InChI is InChI=1S/C28H34N8OS/c1-18(36-12-11-34(4)15-28(36,2)3)27(37)35-9-7-19(8-10-35)23-14-21-25(29-16-30-26(21)33-23)32-20-5-6-22-24(13-20)38-17-31-22/h5-7,13-14,16-18H,8-12,15H2,1-4H3,(H2,29,30,32,33). The topological polar surface area (TPSA) is 93.3 Å². The molecule has 198 valence electrons. The van der Waals surface area contributed by atoms with Gasteiger partial charge in [-0.2, -0.15) is 0 Å². The number of hydrogen-bond donors (Lipinski definition) is 2. The number of piperazine rings is 1. The van der Waals surface area contributed by atoms with Crippen molar-refractivity contribution in [2.24, 2.45) is 0 Å². The van der Waals surface area contributed by atoms with E-state index in [-0.39, 0.29) is 17.5 Å². The fraction of sp³-hybridized carbons (Fsp3) is 0.429. The molecule has 0 bridgehead atoms. The van der Waals surface area contributed by atoms with E-state index in [0.29, 0.717) is 13.1 Å². The highest BCUT2D eigenvalue weighted by Crippen LogP contribution is 2.31. The summed E-state index contributed by atoms with van der Waals surface area (Å²) in [6, 6.07) is 8.11. The van der Waals surface area contributed by atoms with Gasteiger partial charge in [0.15, 0.2) is 0 Å². The van der Waals surface area contributed by atoms with E-state index >= 15 is 0 Å². The van der Waals surface area contributed by atoms with Crippen molar-refractivity contribution in [1.29, 1.82) is 0 Å². The van der Waals surface area contributed by atoms with Crippen molar-refractivity contribution in [2.75, 3.05) is 45.1 Å². The quantitative estimate of drug-likeness (QED) is 0.396. The van der Waals surface area contributed by atoms with Crippen LogP contribution >= 0.6 is 11.3 Å². The molecule has 9 nitrogen and oxygen atoms in total. The summed E-state index contributed by atoms with van der Waals surface area (Å²) in [4.78, 5) is 36.9. The predicted octanol–water partition coefficient (Wildman–Crippen LogP) is 4.34. The Morgan fingerprint density at radius 2 is 2.03 bits per heavy atom. The summed E-state index contributed by atoms with van der Waals surface area (Å²) in [7, 11) is 2.15. The van der Waals surface area contributed by atoms with Crippen LogP contribution < -0.4 is 5.32 Å². The molecule has 1 aromatic carbocycles. The second-order valence-electron chi connectivity index (χ2n) is 11.0. The van der Waals surface area contributed by atoms with Crippen molar-refractivity contribution < 1.29 is 4.79 Å². The first-order valence-electron chi connectivity index (χ1n) is 13.2. The molecular weight excluding hydrogens is 496 g/mol. The smallest absolute Gasteiger partial charge is 0.239 e. The summed E-state index contributed by atoms with van der Waals surface area (Å²) in [5.41, 5.74) is 6.82. The van der Waals surface area contributed by atoms with E-state index in [2.05, 4.69) is 81.1 Å². The molecule has 10 heteroatoms. The van der Waals surface area contributed by atoms with Crippen LogP contribution in [0, 0.1) is 0 Å². The number of amides is 1. The van der Waals surface area contributed by atoms with Gasteiger partial charge in [-0.3, -0.25) is 9.69 Å². The van der Waals surface area contributed by atoms with Crippen LogP contribution in [0.25, 0.3) is 26.8 Å². The minimum Gasteiger partial charge on any atom is -0.340 e. The highest BCUT2D eigenvalue weighted by atomic mass is 32.1. The van der Waals surface area contributed by atoms with Gasteiger partial charge in [0.25, 0.3) is 0 Å². The fourth-order valence-electron chi connectivity index (χ4n) is 5.92. The number of likely N-dealkylation sites (N-methyl/N-ethyl adjacent to an activating group) is 1. The van der Waals surface area contributed by atoms with Gasteiger partial charge in [-0.25, -0.2) is 15.0 Å². The number of aromatic nitrogens is 4. The van der Waals surface area contributed by atoms with E-state index in [1.54, 1.807) is 17.7 Å².